The normalized spacial score (nSPS) is 17.4. The van der Waals surface area contributed by atoms with E-state index in [1.165, 1.54) is 5.69 Å². The molecular formula is C23H27N7O2. The molecule has 9 nitrogen and oxygen atoms in total. The van der Waals surface area contributed by atoms with Crippen LogP contribution in [-0.2, 0) is 9.53 Å². The molecule has 1 amide bonds. The quantitative estimate of drug-likeness (QED) is 0.661. The number of morpholine rings is 1. The maximum Gasteiger partial charge on any atom is 0.227 e. The molecule has 1 aromatic carbocycles. The maximum absolute atomic E-state index is 12.8. The number of aromatic nitrogens is 4. The van der Waals surface area contributed by atoms with Crippen LogP contribution in [0.2, 0.25) is 0 Å². The lowest BCUT2D eigenvalue weighted by Crippen LogP contribution is -2.38. The number of benzene rings is 1. The van der Waals surface area contributed by atoms with Gasteiger partial charge in [-0.3, -0.25) is 9.36 Å². The van der Waals surface area contributed by atoms with E-state index in [1.54, 1.807) is 18.9 Å². The summed E-state index contributed by atoms with van der Waals surface area (Å²) in [5.41, 5.74) is 2.01. The lowest BCUT2D eigenvalue weighted by molar-refractivity contribution is -0.120. The number of piperidine rings is 1. The van der Waals surface area contributed by atoms with Gasteiger partial charge in [-0.2, -0.15) is 0 Å². The van der Waals surface area contributed by atoms with Crippen molar-refractivity contribution in [2.24, 2.45) is 5.92 Å². The zero-order chi connectivity index (χ0) is 21.8. The van der Waals surface area contributed by atoms with Gasteiger partial charge in [0.1, 0.15) is 24.3 Å². The van der Waals surface area contributed by atoms with Crippen LogP contribution in [0.1, 0.15) is 12.8 Å². The third-order valence-electron chi connectivity index (χ3n) is 6.11. The third-order valence-corrected chi connectivity index (χ3v) is 6.11. The smallest absolute Gasteiger partial charge is 0.227 e. The Balaban J connectivity index is 1.15. The van der Waals surface area contributed by atoms with E-state index in [0.29, 0.717) is 0 Å². The highest BCUT2D eigenvalue weighted by Crippen LogP contribution is 2.25. The molecule has 1 N–H and O–H groups in total. The minimum absolute atomic E-state index is 0.000117. The molecule has 2 fully saturated rings. The fourth-order valence-electron chi connectivity index (χ4n) is 4.24. The average Bonchev–Trinajstić information content (AvgIpc) is 3.40. The molecule has 2 saturated heterocycles. The Bertz CT molecular complexity index is 1020. The Morgan fingerprint density at radius 1 is 0.969 bits per heavy atom. The second-order valence-corrected chi connectivity index (χ2v) is 8.10. The van der Waals surface area contributed by atoms with Crippen LogP contribution in [0.25, 0.3) is 5.82 Å². The van der Waals surface area contributed by atoms with Crippen molar-refractivity contribution in [1.82, 2.24) is 19.5 Å². The summed E-state index contributed by atoms with van der Waals surface area (Å²) in [6.07, 6.45) is 8.46. The van der Waals surface area contributed by atoms with Gasteiger partial charge in [0.05, 0.1) is 13.2 Å². The van der Waals surface area contributed by atoms with Gasteiger partial charge >= 0.3 is 0 Å². The number of hydrogen-bond acceptors (Lipinski definition) is 7. The van der Waals surface area contributed by atoms with E-state index in [2.05, 4.69) is 42.2 Å². The fraction of sp³-hybridized carbons (Fsp3) is 0.391. The second-order valence-electron chi connectivity index (χ2n) is 8.10. The van der Waals surface area contributed by atoms with Gasteiger partial charge in [0.25, 0.3) is 0 Å². The lowest BCUT2D eigenvalue weighted by atomic mass is 9.96. The standard InChI is InChI=1S/C23H27N7O2/c31-23(27-19-1-3-20(4-2-19)28-11-13-32-14-12-28)18-5-8-29(9-6-18)21-15-22(26-16-25-21)30-10-7-24-17-30/h1-4,7,10,15-18H,5-6,8-9,11-14H2,(H,27,31). The number of hydrogen-bond donors (Lipinski definition) is 1. The highest BCUT2D eigenvalue weighted by molar-refractivity contribution is 5.92. The monoisotopic (exact) mass is 433 g/mol. The molecule has 32 heavy (non-hydrogen) atoms. The first-order chi connectivity index (χ1) is 15.8. The highest BCUT2D eigenvalue weighted by Gasteiger charge is 2.26. The molecule has 0 atom stereocenters. The topological polar surface area (TPSA) is 88.4 Å². The van der Waals surface area contributed by atoms with E-state index in [-0.39, 0.29) is 11.8 Å². The summed E-state index contributed by atoms with van der Waals surface area (Å²) in [4.78, 5) is 30.1. The van der Waals surface area contributed by atoms with Crippen molar-refractivity contribution in [2.75, 3.05) is 54.5 Å². The summed E-state index contributed by atoms with van der Waals surface area (Å²) in [5.74, 6) is 1.75. The molecule has 9 heteroatoms. The van der Waals surface area contributed by atoms with Crippen LogP contribution < -0.4 is 15.1 Å². The molecule has 5 rings (SSSR count). The first-order valence-corrected chi connectivity index (χ1v) is 11.1. The molecule has 0 radical (unpaired) electrons. The molecule has 3 aromatic rings. The van der Waals surface area contributed by atoms with Gasteiger partial charge < -0.3 is 19.9 Å². The summed E-state index contributed by atoms with van der Waals surface area (Å²) in [7, 11) is 0. The van der Waals surface area contributed by atoms with Crippen molar-refractivity contribution in [3.8, 4) is 5.82 Å². The van der Waals surface area contributed by atoms with E-state index >= 15 is 0 Å². The summed E-state index contributed by atoms with van der Waals surface area (Å²) >= 11 is 0. The van der Waals surface area contributed by atoms with Gasteiger partial charge in [-0.1, -0.05) is 0 Å². The molecule has 166 valence electrons. The van der Waals surface area contributed by atoms with Crippen LogP contribution in [0.5, 0.6) is 0 Å². The Morgan fingerprint density at radius 2 is 1.72 bits per heavy atom. The van der Waals surface area contributed by atoms with Crippen LogP contribution in [0.15, 0.2) is 55.4 Å². The van der Waals surface area contributed by atoms with Crippen LogP contribution in [0.4, 0.5) is 17.2 Å². The number of amides is 1. The summed E-state index contributed by atoms with van der Waals surface area (Å²) < 4.78 is 7.27. The van der Waals surface area contributed by atoms with Crippen LogP contribution in [0, 0.1) is 5.92 Å². The maximum atomic E-state index is 12.8. The largest absolute Gasteiger partial charge is 0.378 e. The first-order valence-electron chi connectivity index (χ1n) is 11.1. The lowest BCUT2D eigenvalue weighted by Gasteiger charge is -2.32. The van der Waals surface area contributed by atoms with Crippen LogP contribution >= 0.6 is 0 Å². The molecule has 0 unspecified atom stereocenters. The third kappa shape index (κ3) is 4.57. The molecule has 0 aliphatic carbocycles. The number of ether oxygens (including phenoxy) is 1. The van der Waals surface area contributed by atoms with Gasteiger partial charge in [-0.05, 0) is 37.1 Å². The minimum atomic E-state index is 0.000117. The summed E-state index contributed by atoms with van der Waals surface area (Å²) in [6, 6.07) is 10.1. The first kappa shape index (κ1) is 20.4. The van der Waals surface area contributed by atoms with Crippen molar-refractivity contribution in [3.05, 3.63) is 55.4 Å². The zero-order valence-electron chi connectivity index (χ0n) is 17.9. The number of nitrogens with one attached hydrogen (secondary N) is 1. The Kier molecular flexibility index (Phi) is 5.98. The number of carbonyl (C=O) groups excluding carboxylic acids is 1. The van der Waals surface area contributed by atoms with Crippen LogP contribution in [0.3, 0.4) is 0 Å². The van der Waals surface area contributed by atoms with Gasteiger partial charge in [-0.25, -0.2) is 15.0 Å². The summed E-state index contributed by atoms with van der Waals surface area (Å²) in [5, 5.41) is 3.09. The molecule has 2 aliphatic rings. The second kappa shape index (κ2) is 9.35. The molecule has 0 bridgehead atoms. The Morgan fingerprint density at radius 3 is 2.44 bits per heavy atom. The van der Waals surface area contributed by atoms with E-state index in [0.717, 1.165) is 69.6 Å². The van der Waals surface area contributed by atoms with Gasteiger partial charge in [0.2, 0.25) is 5.91 Å². The predicted octanol–water partition coefficient (Wildman–Crippen LogP) is 2.35. The molecule has 2 aliphatic heterocycles. The fourth-order valence-corrected chi connectivity index (χ4v) is 4.24. The Labute approximate surface area is 187 Å². The number of carbonyl (C=O) groups is 1. The van der Waals surface area contributed by atoms with Crippen molar-refractivity contribution in [1.29, 1.82) is 0 Å². The highest BCUT2D eigenvalue weighted by atomic mass is 16.5. The average molecular weight is 434 g/mol. The number of anilines is 3. The number of imidazole rings is 1. The number of nitrogens with zero attached hydrogens (tertiary/aromatic N) is 6. The number of rotatable bonds is 5. The van der Waals surface area contributed by atoms with Gasteiger partial charge in [0, 0.05) is 61.9 Å². The minimum Gasteiger partial charge on any atom is -0.378 e. The molecule has 4 heterocycles. The van der Waals surface area contributed by atoms with Gasteiger partial charge in [-0.15, -0.1) is 0 Å². The van der Waals surface area contributed by atoms with E-state index in [9.17, 15) is 4.79 Å². The van der Waals surface area contributed by atoms with Gasteiger partial charge in [0.15, 0.2) is 0 Å². The van der Waals surface area contributed by atoms with Crippen molar-refractivity contribution >= 4 is 23.1 Å². The summed E-state index contributed by atoms with van der Waals surface area (Å²) in [6.45, 7) is 4.90. The van der Waals surface area contributed by atoms with E-state index in [1.807, 2.05) is 29.0 Å². The van der Waals surface area contributed by atoms with Crippen molar-refractivity contribution < 1.29 is 9.53 Å². The molecular weight excluding hydrogens is 406 g/mol. The van der Waals surface area contributed by atoms with Crippen LogP contribution in [-0.4, -0.2) is 64.8 Å². The van der Waals surface area contributed by atoms with E-state index in [4.69, 9.17) is 4.74 Å². The SMILES string of the molecule is O=C(Nc1ccc(N2CCOCC2)cc1)C1CCN(c2cc(-n3ccnc3)ncn2)CC1. The molecule has 2 aromatic heterocycles. The Hall–Kier alpha value is -3.46. The van der Waals surface area contributed by atoms with E-state index < -0.39 is 0 Å². The molecule has 0 saturated carbocycles. The van der Waals surface area contributed by atoms with Crippen molar-refractivity contribution in [2.45, 2.75) is 12.8 Å². The molecule has 0 spiro atoms. The zero-order valence-corrected chi connectivity index (χ0v) is 17.9. The van der Waals surface area contributed by atoms with Crippen molar-refractivity contribution in [3.63, 3.8) is 0 Å². The predicted molar refractivity (Wildman–Crippen MR) is 122 cm³/mol.